The van der Waals surface area contributed by atoms with Gasteiger partial charge in [0.2, 0.25) is 0 Å². The molecule has 0 radical (unpaired) electrons. The molecule has 30 heavy (non-hydrogen) atoms. The van der Waals surface area contributed by atoms with Crippen molar-refractivity contribution in [2.75, 3.05) is 6.61 Å². The molecule has 0 bridgehead atoms. The van der Waals surface area contributed by atoms with Crippen LogP contribution < -0.4 is 4.74 Å². The van der Waals surface area contributed by atoms with E-state index in [4.69, 9.17) is 14.7 Å². The van der Waals surface area contributed by atoms with Crippen molar-refractivity contribution in [3.05, 3.63) is 72.2 Å². The normalized spacial score (nSPS) is 11.3. The Morgan fingerprint density at radius 3 is 2.63 bits per heavy atom. The molecule has 0 amide bonds. The zero-order valence-electron chi connectivity index (χ0n) is 17.2. The van der Waals surface area contributed by atoms with Crippen LogP contribution in [0.2, 0.25) is 0 Å². The van der Waals surface area contributed by atoms with Crippen molar-refractivity contribution >= 4 is 21.8 Å². The third-order valence-corrected chi connectivity index (χ3v) is 5.45. The van der Waals surface area contributed by atoms with Gasteiger partial charge in [0, 0.05) is 46.0 Å². The number of nitrogens with zero attached hydrogens (tertiary/aromatic N) is 3. The maximum Gasteiger partial charge on any atom is 0.161 e. The number of aromatic nitrogens is 4. The number of pyridine rings is 1. The van der Waals surface area contributed by atoms with Crippen LogP contribution in [0.1, 0.15) is 18.1 Å². The van der Waals surface area contributed by atoms with Gasteiger partial charge in [-0.2, -0.15) is 0 Å². The molecule has 5 aromatic rings. The first kappa shape index (κ1) is 18.3. The molecule has 3 aromatic heterocycles. The summed E-state index contributed by atoms with van der Waals surface area (Å²) in [5.74, 6) is 1.48. The predicted octanol–water partition coefficient (Wildman–Crippen LogP) is 5.86. The zero-order chi connectivity index (χ0) is 20.7. The molecular weight excluding hydrogens is 372 g/mol. The number of aryl methyl sites for hydroxylation is 2. The summed E-state index contributed by atoms with van der Waals surface area (Å²) in [5, 5.41) is 2.12. The van der Waals surface area contributed by atoms with Crippen LogP contribution >= 0.6 is 0 Å². The summed E-state index contributed by atoms with van der Waals surface area (Å²) in [5.41, 5.74) is 7.32. The van der Waals surface area contributed by atoms with Crippen molar-refractivity contribution in [1.29, 1.82) is 0 Å². The van der Waals surface area contributed by atoms with Crippen LogP contribution in [-0.4, -0.2) is 26.5 Å². The minimum Gasteiger partial charge on any atom is -0.494 e. The molecule has 0 aliphatic carbocycles. The SMILES string of the molecule is CCOc1ccc2nc(-c3cccnc3)nc(-c3c[nH]c4cc(C)c(C)cc34)c2c1. The van der Waals surface area contributed by atoms with Crippen LogP contribution in [-0.2, 0) is 0 Å². The molecule has 0 saturated heterocycles. The molecule has 0 saturated carbocycles. The van der Waals surface area contributed by atoms with Gasteiger partial charge in [0.05, 0.1) is 17.8 Å². The van der Waals surface area contributed by atoms with E-state index in [1.54, 1.807) is 12.4 Å². The predicted molar refractivity (Wildman–Crippen MR) is 121 cm³/mol. The monoisotopic (exact) mass is 394 g/mol. The lowest BCUT2D eigenvalue weighted by Gasteiger charge is -2.11. The lowest BCUT2D eigenvalue weighted by atomic mass is 10.0. The van der Waals surface area contributed by atoms with E-state index < -0.39 is 0 Å². The number of aromatic amines is 1. The number of nitrogens with one attached hydrogen (secondary N) is 1. The van der Waals surface area contributed by atoms with E-state index in [2.05, 4.69) is 35.9 Å². The van der Waals surface area contributed by atoms with Crippen LogP contribution in [0, 0.1) is 13.8 Å². The summed E-state index contributed by atoms with van der Waals surface area (Å²) in [7, 11) is 0. The zero-order valence-corrected chi connectivity index (χ0v) is 17.2. The molecule has 0 atom stereocenters. The Kier molecular flexibility index (Phi) is 4.43. The standard InChI is InChI=1S/C25H22N4O/c1-4-30-18-7-8-22-20(12-18)24(29-25(28-22)17-6-5-9-26-13-17)21-14-27-23-11-16(3)15(2)10-19(21)23/h5-14,27H,4H2,1-3H3. The van der Waals surface area contributed by atoms with Gasteiger partial charge in [-0.15, -0.1) is 0 Å². The number of ether oxygens (including phenoxy) is 1. The third kappa shape index (κ3) is 3.08. The van der Waals surface area contributed by atoms with Gasteiger partial charge in [-0.05, 0) is 74.4 Å². The number of fused-ring (bicyclic) bond motifs is 2. The number of benzene rings is 2. The Bertz CT molecular complexity index is 1370. The van der Waals surface area contributed by atoms with Gasteiger partial charge in [0.15, 0.2) is 5.82 Å². The van der Waals surface area contributed by atoms with E-state index in [1.165, 1.54) is 11.1 Å². The number of H-pyrrole nitrogens is 1. The van der Waals surface area contributed by atoms with Crippen LogP contribution in [0.25, 0.3) is 44.5 Å². The van der Waals surface area contributed by atoms with Crippen molar-refractivity contribution < 1.29 is 4.74 Å². The van der Waals surface area contributed by atoms with Gasteiger partial charge in [-0.1, -0.05) is 0 Å². The highest BCUT2D eigenvalue weighted by atomic mass is 16.5. The van der Waals surface area contributed by atoms with Gasteiger partial charge in [0.25, 0.3) is 0 Å². The Labute approximate surface area is 174 Å². The van der Waals surface area contributed by atoms with E-state index in [1.807, 2.05) is 43.5 Å². The number of hydrogen-bond acceptors (Lipinski definition) is 4. The molecule has 148 valence electrons. The van der Waals surface area contributed by atoms with Crippen molar-refractivity contribution in [3.63, 3.8) is 0 Å². The highest BCUT2D eigenvalue weighted by Crippen LogP contribution is 2.36. The van der Waals surface area contributed by atoms with Crippen molar-refractivity contribution in [2.24, 2.45) is 0 Å². The van der Waals surface area contributed by atoms with Crippen LogP contribution in [0.4, 0.5) is 0 Å². The molecule has 5 heteroatoms. The summed E-state index contributed by atoms with van der Waals surface area (Å²) in [4.78, 5) is 17.5. The van der Waals surface area contributed by atoms with Gasteiger partial charge in [-0.25, -0.2) is 9.97 Å². The molecule has 0 spiro atoms. The van der Waals surface area contributed by atoms with Crippen molar-refractivity contribution in [1.82, 2.24) is 19.9 Å². The van der Waals surface area contributed by atoms with Gasteiger partial charge in [0.1, 0.15) is 5.75 Å². The third-order valence-electron chi connectivity index (χ3n) is 5.45. The van der Waals surface area contributed by atoms with Crippen LogP contribution in [0.5, 0.6) is 5.75 Å². The molecule has 0 unspecified atom stereocenters. The average molecular weight is 394 g/mol. The fourth-order valence-corrected chi connectivity index (χ4v) is 3.78. The highest BCUT2D eigenvalue weighted by molar-refractivity contribution is 6.03. The van der Waals surface area contributed by atoms with E-state index >= 15 is 0 Å². The van der Waals surface area contributed by atoms with Gasteiger partial charge >= 0.3 is 0 Å². The molecule has 5 rings (SSSR count). The lowest BCUT2D eigenvalue weighted by molar-refractivity contribution is 0.340. The second-order valence-electron chi connectivity index (χ2n) is 7.43. The second-order valence-corrected chi connectivity index (χ2v) is 7.43. The Morgan fingerprint density at radius 1 is 0.967 bits per heavy atom. The van der Waals surface area contributed by atoms with E-state index in [0.29, 0.717) is 12.4 Å². The average Bonchev–Trinajstić information content (AvgIpc) is 3.16. The Balaban J connectivity index is 1.82. The first-order valence-electron chi connectivity index (χ1n) is 10.1. The minimum atomic E-state index is 0.612. The summed E-state index contributed by atoms with van der Waals surface area (Å²) >= 11 is 0. The molecule has 0 aliphatic heterocycles. The summed E-state index contributed by atoms with van der Waals surface area (Å²) in [6, 6.07) is 14.3. The van der Waals surface area contributed by atoms with Crippen LogP contribution in [0.15, 0.2) is 61.1 Å². The maximum absolute atomic E-state index is 5.75. The minimum absolute atomic E-state index is 0.612. The highest BCUT2D eigenvalue weighted by Gasteiger charge is 2.16. The summed E-state index contributed by atoms with van der Waals surface area (Å²) in [6.07, 6.45) is 5.58. The molecule has 3 heterocycles. The summed E-state index contributed by atoms with van der Waals surface area (Å²) in [6.45, 7) is 6.86. The van der Waals surface area contributed by atoms with Gasteiger partial charge < -0.3 is 9.72 Å². The maximum atomic E-state index is 5.75. The second kappa shape index (κ2) is 7.26. The Morgan fingerprint density at radius 2 is 1.83 bits per heavy atom. The fraction of sp³-hybridized carbons (Fsp3) is 0.160. The van der Waals surface area contributed by atoms with Crippen molar-refractivity contribution in [3.8, 4) is 28.4 Å². The quantitative estimate of drug-likeness (QED) is 0.415. The molecule has 0 fully saturated rings. The van der Waals surface area contributed by atoms with Crippen LogP contribution in [0.3, 0.4) is 0 Å². The lowest BCUT2D eigenvalue weighted by Crippen LogP contribution is -1.97. The largest absolute Gasteiger partial charge is 0.494 e. The smallest absolute Gasteiger partial charge is 0.161 e. The van der Waals surface area contributed by atoms with Crippen molar-refractivity contribution in [2.45, 2.75) is 20.8 Å². The molecule has 5 nitrogen and oxygen atoms in total. The molecule has 1 N–H and O–H groups in total. The molecular formula is C25H22N4O. The van der Waals surface area contributed by atoms with Gasteiger partial charge in [-0.3, -0.25) is 4.98 Å². The topological polar surface area (TPSA) is 63.7 Å². The molecule has 2 aromatic carbocycles. The first-order valence-corrected chi connectivity index (χ1v) is 10.1. The van der Waals surface area contributed by atoms with E-state index in [-0.39, 0.29) is 0 Å². The first-order chi connectivity index (χ1) is 14.6. The Hall–Kier alpha value is -3.73. The summed E-state index contributed by atoms with van der Waals surface area (Å²) < 4.78 is 5.75. The number of hydrogen-bond donors (Lipinski definition) is 1. The van der Waals surface area contributed by atoms with E-state index in [0.717, 1.165) is 44.4 Å². The van der Waals surface area contributed by atoms with E-state index in [9.17, 15) is 0 Å². The fourth-order valence-electron chi connectivity index (χ4n) is 3.78. The molecule has 0 aliphatic rings. The number of rotatable bonds is 4.